The highest BCUT2D eigenvalue weighted by molar-refractivity contribution is 5.44. The lowest BCUT2D eigenvalue weighted by atomic mass is 10.2. The monoisotopic (exact) mass is 313 g/mol. The smallest absolute Gasteiger partial charge is 0.263 e. The molecule has 1 fully saturated rings. The summed E-state index contributed by atoms with van der Waals surface area (Å²) in [5, 5.41) is 4.21. The normalized spacial score (nSPS) is 18.7. The van der Waals surface area contributed by atoms with Crippen molar-refractivity contribution in [1.29, 1.82) is 0 Å². The maximum Gasteiger partial charge on any atom is 0.263 e. The summed E-state index contributed by atoms with van der Waals surface area (Å²) in [6.45, 7) is 4.68. The van der Waals surface area contributed by atoms with Crippen LogP contribution in [0.15, 0.2) is 39.9 Å². The Balaban J connectivity index is 1.48. The largest absolute Gasteiger partial charge is 0.459 e. The molecule has 0 bridgehead atoms. The quantitative estimate of drug-likeness (QED) is 0.720. The van der Waals surface area contributed by atoms with Gasteiger partial charge in [0.15, 0.2) is 5.76 Å². The Morgan fingerprint density at radius 3 is 3.13 bits per heavy atom. The van der Waals surface area contributed by atoms with Gasteiger partial charge in [0.1, 0.15) is 18.4 Å². The molecule has 0 unspecified atom stereocenters. The van der Waals surface area contributed by atoms with Gasteiger partial charge in [-0.05, 0) is 38.4 Å². The van der Waals surface area contributed by atoms with Crippen molar-refractivity contribution in [1.82, 2.24) is 24.6 Å². The van der Waals surface area contributed by atoms with Crippen molar-refractivity contribution >= 4 is 0 Å². The van der Waals surface area contributed by atoms with E-state index in [0.717, 1.165) is 31.1 Å². The predicted molar refractivity (Wildman–Crippen MR) is 82.4 cm³/mol. The van der Waals surface area contributed by atoms with E-state index in [1.807, 2.05) is 23.7 Å². The van der Waals surface area contributed by atoms with Crippen molar-refractivity contribution in [2.75, 3.05) is 6.54 Å². The van der Waals surface area contributed by atoms with Gasteiger partial charge in [-0.3, -0.25) is 9.58 Å². The highest BCUT2D eigenvalue weighted by Crippen LogP contribution is 2.26. The molecule has 4 rings (SSSR count). The zero-order valence-electron chi connectivity index (χ0n) is 13.1. The number of aromatic nitrogens is 4. The van der Waals surface area contributed by atoms with Crippen molar-refractivity contribution in [2.24, 2.45) is 0 Å². The summed E-state index contributed by atoms with van der Waals surface area (Å²) in [4.78, 5) is 11.1. The molecule has 0 aromatic carbocycles. The third-order valence-electron chi connectivity index (χ3n) is 4.34. The van der Waals surface area contributed by atoms with Gasteiger partial charge in [-0.2, -0.15) is 5.10 Å². The Kier molecular flexibility index (Phi) is 3.70. The number of nitrogens with zero attached hydrogens (tertiary/aromatic N) is 5. The van der Waals surface area contributed by atoms with Crippen LogP contribution in [0, 0.1) is 6.92 Å². The fourth-order valence-corrected chi connectivity index (χ4v) is 3.13. The first kappa shape index (κ1) is 14.2. The molecule has 4 heterocycles. The molecule has 0 radical (unpaired) electrons. The lowest BCUT2D eigenvalue weighted by Gasteiger charge is -2.23. The Labute approximate surface area is 133 Å². The van der Waals surface area contributed by atoms with Crippen molar-refractivity contribution < 1.29 is 8.83 Å². The molecule has 120 valence electrons. The highest BCUT2D eigenvalue weighted by atomic mass is 16.4. The third kappa shape index (κ3) is 2.92. The number of aryl methyl sites for hydroxylation is 1. The van der Waals surface area contributed by atoms with E-state index in [1.165, 1.54) is 12.8 Å². The average Bonchev–Trinajstić information content (AvgIpc) is 3.31. The van der Waals surface area contributed by atoms with E-state index in [1.54, 1.807) is 18.9 Å². The Bertz CT molecular complexity index is 748. The molecule has 3 aromatic rings. The summed E-state index contributed by atoms with van der Waals surface area (Å²) in [5.41, 5.74) is 0.974. The van der Waals surface area contributed by atoms with Gasteiger partial charge in [0.05, 0.1) is 18.5 Å². The van der Waals surface area contributed by atoms with E-state index < -0.39 is 0 Å². The number of hydrogen-bond donors (Lipinski definition) is 0. The second kappa shape index (κ2) is 6.00. The molecule has 1 atom stereocenters. The summed E-state index contributed by atoms with van der Waals surface area (Å²) >= 11 is 0. The molecule has 1 aliphatic rings. The lowest BCUT2D eigenvalue weighted by Crippen LogP contribution is -2.33. The first-order valence-electron chi connectivity index (χ1n) is 7.86. The molecule has 0 N–H and O–H groups in total. The van der Waals surface area contributed by atoms with E-state index >= 15 is 0 Å². The van der Waals surface area contributed by atoms with Gasteiger partial charge in [-0.15, -0.1) is 0 Å². The van der Waals surface area contributed by atoms with Gasteiger partial charge in [0.2, 0.25) is 0 Å². The molecule has 7 heteroatoms. The van der Waals surface area contributed by atoms with Crippen LogP contribution in [0.4, 0.5) is 0 Å². The summed E-state index contributed by atoms with van der Waals surface area (Å²) in [7, 11) is 0. The van der Waals surface area contributed by atoms with Crippen molar-refractivity contribution in [2.45, 2.75) is 38.9 Å². The van der Waals surface area contributed by atoms with Crippen LogP contribution in [-0.2, 0) is 13.1 Å². The van der Waals surface area contributed by atoms with Crippen LogP contribution in [-0.4, -0.2) is 37.2 Å². The second-order valence-electron chi connectivity index (χ2n) is 5.88. The summed E-state index contributed by atoms with van der Waals surface area (Å²) in [6.07, 6.45) is 7.34. The van der Waals surface area contributed by atoms with Gasteiger partial charge in [-0.1, -0.05) is 0 Å². The van der Waals surface area contributed by atoms with Crippen molar-refractivity contribution in [3.63, 3.8) is 0 Å². The SMILES string of the molecule is Cc1oc(-c2ccco2)nc1CN1CCC[C@H]1Cn1cncn1. The molecular weight excluding hydrogens is 294 g/mol. The summed E-state index contributed by atoms with van der Waals surface area (Å²) in [6, 6.07) is 4.15. The van der Waals surface area contributed by atoms with Crippen LogP contribution >= 0.6 is 0 Å². The number of hydrogen-bond acceptors (Lipinski definition) is 6. The molecule has 23 heavy (non-hydrogen) atoms. The van der Waals surface area contributed by atoms with Crippen LogP contribution in [0.3, 0.4) is 0 Å². The molecule has 3 aromatic heterocycles. The molecule has 0 aliphatic carbocycles. The molecule has 1 saturated heterocycles. The van der Waals surface area contributed by atoms with E-state index in [4.69, 9.17) is 8.83 Å². The van der Waals surface area contributed by atoms with Gasteiger partial charge in [0, 0.05) is 12.6 Å². The number of rotatable bonds is 5. The lowest BCUT2D eigenvalue weighted by molar-refractivity contribution is 0.216. The van der Waals surface area contributed by atoms with Gasteiger partial charge >= 0.3 is 0 Å². The standard InChI is InChI=1S/C16H19N5O2/c1-12-14(19-16(23-12)15-5-3-7-22-15)9-20-6-2-4-13(20)8-21-11-17-10-18-21/h3,5,7,10-11,13H,2,4,6,8-9H2,1H3/t13-/m0/s1. The minimum atomic E-state index is 0.458. The zero-order valence-corrected chi connectivity index (χ0v) is 13.1. The topological polar surface area (TPSA) is 73.1 Å². The number of furan rings is 1. The van der Waals surface area contributed by atoms with Crippen LogP contribution in [0.1, 0.15) is 24.3 Å². The fraction of sp³-hybridized carbons (Fsp3) is 0.438. The van der Waals surface area contributed by atoms with Crippen LogP contribution in [0.2, 0.25) is 0 Å². The maximum absolute atomic E-state index is 5.75. The maximum atomic E-state index is 5.75. The average molecular weight is 313 g/mol. The Morgan fingerprint density at radius 1 is 1.39 bits per heavy atom. The predicted octanol–water partition coefficient (Wildman–Crippen LogP) is 2.50. The Morgan fingerprint density at radius 2 is 2.35 bits per heavy atom. The van der Waals surface area contributed by atoms with Gasteiger partial charge in [0.25, 0.3) is 5.89 Å². The molecule has 7 nitrogen and oxygen atoms in total. The summed E-state index contributed by atoms with van der Waals surface area (Å²) < 4.78 is 13.0. The second-order valence-corrected chi connectivity index (χ2v) is 5.88. The van der Waals surface area contributed by atoms with E-state index in [-0.39, 0.29) is 0 Å². The van der Waals surface area contributed by atoms with E-state index in [2.05, 4.69) is 20.0 Å². The fourth-order valence-electron chi connectivity index (χ4n) is 3.13. The third-order valence-corrected chi connectivity index (χ3v) is 4.34. The minimum Gasteiger partial charge on any atom is -0.459 e. The number of oxazole rings is 1. The molecule has 0 amide bonds. The number of likely N-dealkylation sites (tertiary alicyclic amines) is 1. The van der Waals surface area contributed by atoms with E-state index in [9.17, 15) is 0 Å². The van der Waals surface area contributed by atoms with Crippen LogP contribution in [0.5, 0.6) is 0 Å². The first-order chi connectivity index (χ1) is 11.3. The highest BCUT2D eigenvalue weighted by Gasteiger charge is 2.27. The summed E-state index contributed by atoms with van der Waals surface area (Å²) in [5.74, 6) is 2.07. The molecule has 1 aliphatic heterocycles. The van der Waals surface area contributed by atoms with Crippen LogP contribution in [0.25, 0.3) is 11.7 Å². The minimum absolute atomic E-state index is 0.458. The van der Waals surface area contributed by atoms with E-state index in [0.29, 0.717) is 17.7 Å². The van der Waals surface area contributed by atoms with Gasteiger partial charge in [-0.25, -0.2) is 9.97 Å². The first-order valence-corrected chi connectivity index (χ1v) is 7.86. The van der Waals surface area contributed by atoms with Crippen molar-refractivity contribution in [3.05, 3.63) is 42.5 Å². The molecule has 0 saturated carbocycles. The van der Waals surface area contributed by atoms with Gasteiger partial charge < -0.3 is 8.83 Å². The molecular formula is C16H19N5O2. The molecule has 0 spiro atoms. The van der Waals surface area contributed by atoms with Crippen molar-refractivity contribution in [3.8, 4) is 11.7 Å². The zero-order chi connectivity index (χ0) is 15.6. The van der Waals surface area contributed by atoms with Crippen LogP contribution < -0.4 is 0 Å². The Hall–Kier alpha value is -2.41.